The van der Waals surface area contributed by atoms with Crippen LogP contribution in [0.4, 0.5) is 5.69 Å². The van der Waals surface area contributed by atoms with E-state index in [0.717, 1.165) is 5.56 Å². The van der Waals surface area contributed by atoms with E-state index in [4.69, 9.17) is 16.3 Å². The average molecular weight is 375 g/mol. The van der Waals surface area contributed by atoms with Crippen LogP contribution in [0.2, 0.25) is 5.02 Å². The fourth-order valence-corrected chi connectivity index (χ4v) is 2.25. The van der Waals surface area contributed by atoms with Crippen molar-refractivity contribution < 1.29 is 19.1 Å². The van der Waals surface area contributed by atoms with Gasteiger partial charge in [0.05, 0.1) is 22.8 Å². The lowest BCUT2D eigenvalue weighted by Crippen LogP contribution is -2.37. The van der Waals surface area contributed by atoms with Gasteiger partial charge in [0.25, 0.3) is 5.91 Å². The quantitative estimate of drug-likeness (QED) is 0.789. The van der Waals surface area contributed by atoms with Crippen molar-refractivity contribution >= 4 is 35.1 Å². The summed E-state index contributed by atoms with van der Waals surface area (Å²) in [6, 6.07) is 13.6. The number of benzene rings is 2. The zero-order valence-corrected chi connectivity index (χ0v) is 15.2. The maximum absolute atomic E-state index is 12.0. The first-order chi connectivity index (χ1) is 12.4. The van der Waals surface area contributed by atoms with Crippen LogP contribution >= 0.6 is 11.6 Å². The van der Waals surface area contributed by atoms with Gasteiger partial charge in [0, 0.05) is 7.05 Å². The normalized spacial score (nSPS) is 10.1. The Morgan fingerprint density at radius 3 is 2.38 bits per heavy atom. The molecule has 0 saturated heterocycles. The largest absolute Gasteiger partial charge is 0.452 e. The molecule has 2 rings (SSSR count). The van der Waals surface area contributed by atoms with Gasteiger partial charge in [-0.2, -0.15) is 0 Å². The number of hydrogen-bond acceptors (Lipinski definition) is 4. The smallest absolute Gasteiger partial charge is 0.338 e. The molecule has 0 aliphatic heterocycles. The number of anilines is 1. The lowest BCUT2D eigenvalue weighted by molar-refractivity contribution is -0.136. The number of nitrogens with one attached hydrogen (secondary N) is 1. The van der Waals surface area contributed by atoms with Gasteiger partial charge in [-0.3, -0.25) is 9.59 Å². The molecule has 2 aromatic rings. The molecule has 0 fully saturated rings. The third-order valence-corrected chi connectivity index (χ3v) is 3.90. The van der Waals surface area contributed by atoms with E-state index in [0.29, 0.717) is 16.3 Å². The number of esters is 1. The summed E-state index contributed by atoms with van der Waals surface area (Å²) in [5.41, 5.74) is 1.84. The number of carbonyl (C=O) groups excluding carboxylic acids is 3. The first-order valence-corrected chi connectivity index (χ1v) is 8.26. The number of halogens is 1. The number of carbonyl (C=O) groups is 3. The van der Waals surface area contributed by atoms with Crippen LogP contribution in [0.3, 0.4) is 0 Å². The minimum atomic E-state index is -0.590. The Morgan fingerprint density at radius 2 is 1.73 bits per heavy atom. The third-order valence-electron chi connectivity index (χ3n) is 3.57. The number of nitrogens with zero attached hydrogens (tertiary/aromatic N) is 1. The second-order valence-corrected chi connectivity index (χ2v) is 6.13. The van der Waals surface area contributed by atoms with E-state index in [1.165, 1.54) is 11.9 Å². The van der Waals surface area contributed by atoms with Crippen LogP contribution in [0.15, 0.2) is 48.5 Å². The van der Waals surface area contributed by atoms with Gasteiger partial charge < -0.3 is 15.0 Å². The topological polar surface area (TPSA) is 75.7 Å². The van der Waals surface area contributed by atoms with Crippen molar-refractivity contribution in [2.75, 3.05) is 25.5 Å². The van der Waals surface area contributed by atoms with Crippen LogP contribution in [0.5, 0.6) is 0 Å². The highest BCUT2D eigenvalue weighted by atomic mass is 35.5. The minimum absolute atomic E-state index is 0.188. The second-order valence-electron chi connectivity index (χ2n) is 5.72. The van der Waals surface area contributed by atoms with Crippen LogP contribution < -0.4 is 5.32 Å². The number of amides is 2. The summed E-state index contributed by atoms with van der Waals surface area (Å²) in [6.45, 7) is 1.27. The molecule has 0 heterocycles. The summed E-state index contributed by atoms with van der Waals surface area (Å²) in [6.07, 6.45) is 0. The molecule has 2 amide bonds. The van der Waals surface area contributed by atoms with E-state index in [9.17, 15) is 14.4 Å². The maximum Gasteiger partial charge on any atom is 0.338 e. The highest BCUT2D eigenvalue weighted by Crippen LogP contribution is 2.20. The summed E-state index contributed by atoms with van der Waals surface area (Å²) in [4.78, 5) is 37.1. The summed E-state index contributed by atoms with van der Waals surface area (Å²) < 4.78 is 4.99. The molecule has 26 heavy (non-hydrogen) atoms. The fourth-order valence-electron chi connectivity index (χ4n) is 2.07. The molecule has 2 aromatic carbocycles. The molecule has 136 valence electrons. The standard InChI is InChI=1S/C19H19ClN2O4/c1-13-7-9-14(10-8-13)19(25)26-12-18(24)22(2)11-17(23)21-16-6-4-3-5-15(16)20/h3-10H,11-12H2,1-2H3,(H,21,23). The zero-order chi connectivity index (χ0) is 19.1. The average Bonchev–Trinajstić information content (AvgIpc) is 2.61. The summed E-state index contributed by atoms with van der Waals surface area (Å²) in [5.74, 6) is -1.48. The number of ether oxygens (including phenoxy) is 1. The van der Waals surface area contributed by atoms with Crippen molar-refractivity contribution in [2.24, 2.45) is 0 Å². The molecule has 0 aliphatic carbocycles. The summed E-state index contributed by atoms with van der Waals surface area (Å²) in [5, 5.41) is 3.02. The van der Waals surface area contributed by atoms with Gasteiger partial charge in [-0.15, -0.1) is 0 Å². The third kappa shape index (κ3) is 5.60. The molecule has 7 heteroatoms. The van der Waals surface area contributed by atoms with Crippen molar-refractivity contribution in [2.45, 2.75) is 6.92 Å². The maximum atomic E-state index is 12.0. The molecule has 0 atom stereocenters. The Labute approximate surface area is 156 Å². The minimum Gasteiger partial charge on any atom is -0.452 e. The van der Waals surface area contributed by atoms with Crippen molar-refractivity contribution in [3.63, 3.8) is 0 Å². The van der Waals surface area contributed by atoms with Gasteiger partial charge in [-0.05, 0) is 31.2 Å². The second kappa shape index (κ2) is 9.01. The fraction of sp³-hybridized carbons (Fsp3) is 0.211. The van der Waals surface area contributed by atoms with E-state index in [1.54, 1.807) is 48.5 Å². The van der Waals surface area contributed by atoms with Crippen LogP contribution in [-0.2, 0) is 14.3 Å². The van der Waals surface area contributed by atoms with E-state index < -0.39 is 24.4 Å². The van der Waals surface area contributed by atoms with Gasteiger partial charge in [-0.25, -0.2) is 4.79 Å². The van der Waals surface area contributed by atoms with Crippen molar-refractivity contribution in [1.29, 1.82) is 0 Å². The Hall–Kier alpha value is -2.86. The Bertz CT molecular complexity index is 805. The van der Waals surface area contributed by atoms with Gasteiger partial charge in [0.1, 0.15) is 0 Å². The molecular weight excluding hydrogens is 356 g/mol. The predicted molar refractivity (Wildman–Crippen MR) is 99.2 cm³/mol. The molecule has 0 radical (unpaired) electrons. The summed E-state index contributed by atoms with van der Waals surface area (Å²) >= 11 is 5.97. The van der Waals surface area contributed by atoms with Gasteiger partial charge in [0.2, 0.25) is 5.91 Å². The monoisotopic (exact) mass is 374 g/mol. The number of likely N-dealkylation sites (N-methyl/N-ethyl adjacent to an activating group) is 1. The highest BCUT2D eigenvalue weighted by Gasteiger charge is 2.16. The zero-order valence-electron chi connectivity index (χ0n) is 14.5. The number of para-hydroxylation sites is 1. The molecule has 0 unspecified atom stereocenters. The Kier molecular flexibility index (Phi) is 6.74. The first kappa shape index (κ1) is 19.5. The van der Waals surface area contributed by atoms with Gasteiger partial charge in [-0.1, -0.05) is 41.4 Å². The number of aryl methyl sites for hydroxylation is 1. The molecule has 0 aliphatic rings. The molecule has 0 spiro atoms. The van der Waals surface area contributed by atoms with Crippen molar-refractivity contribution in [3.8, 4) is 0 Å². The first-order valence-electron chi connectivity index (χ1n) is 7.89. The van der Waals surface area contributed by atoms with Crippen molar-refractivity contribution in [3.05, 3.63) is 64.7 Å². The predicted octanol–water partition coefficient (Wildman–Crippen LogP) is 2.90. The van der Waals surface area contributed by atoms with E-state index in [-0.39, 0.29) is 6.54 Å². The lowest BCUT2D eigenvalue weighted by Gasteiger charge is -2.17. The van der Waals surface area contributed by atoms with E-state index in [2.05, 4.69) is 5.32 Å². The van der Waals surface area contributed by atoms with Crippen LogP contribution in [0.1, 0.15) is 15.9 Å². The molecule has 0 saturated carbocycles. The highest BCUT2D eigenvalue weighted by molar-refractivity contribution is 6.33. The molecule has 0 bridgehead atoms. The molecular formula is C19H19ClN2O4. The van der Waals surface area contributed by atoms with E-state index in [1.807, 2.05) is 6.92 Å². The number of rotatable bonds is 6. The van der Waals surface area contributed by atoms with Gasteiger partial charge in [0.15, 0.2) is 6.61 Å². The van der Waals surface area contributed by atoms with Gasteiger partial charge >= 0.3 is 5.97 Å². The molecule has 0 aromatic heterocycles. The molecule has 6 nitrogen and oxygen atoms in total. The van der Waals surface area contributed by atoms with Crippen LogP contribution in [0.25, 0.3) is 0 Å². The van der Waals surface area contributed by atoms with Crippen molar-refractivity contribution in [1.82, 2.24) is 4.90 Å². The van der Waals surface area contributed by atoms with Crippen LogP contribution in [0, 0.1) is 6.92 Å². The Morgan fingerprint density at radius 1 is 1.08 bits per heavy atom. The van der Waals surface area contributed by atoms with Crippen LogP contribution in [-0.4, -0.2) is 42.9 Å². The SMILES string of the molecule is Cc1ccc(C(=O)OCC(=O)N(C)CC(=O)Nc2ccccc2Cl)cc1. The Balaban J connectivity index is 1.81. The molecule has 1 N–H and O–H groups in total. The van der Waals surface area contributed by atoms with E-state index >= 15 is 0 Å². The lowest BCUT2D eigenvalue weighted by atomic mass is 10.1. The summed E-state index contributed by atoms with van der Waals surface area (Å²) in [7, 11) is 1.45. The number of hydrogen-bond donors (Lipinski definition) is 1.